The number of furan rings is 1. The Morgan fingerprint density at radius 1 is 1.13 bits per heavy atom. The Morgan fingerprint density at radius 3 is 2.70 bits per heavy atom. The number of fused-ring (bicyclic) bond motifs is 2. The van der Waals surface area contributed by atoms with E-state index in [4.69, 9.17) is 13.9 Å². The number of H-pyrrole nitrogens is 2. The van der Waals surface area contributed by atoms with Gasteiger partial charge in [0.2, 0.25) is 5.76 Å². The number of carbonyl (C=O) groups excluding carboxylic acids is 2. The fourth-order valence-electron chi connectivity index (χ4n) is 3.17. The van der Waals surface area contributed by atoms with Gasteiger partial charge in [0.1, 0.15) is 5.58 Å². The molecule has 0 saturated carbocycles. The number of anilines is 1. The third-order valence-electron chi connectivity index (χ3n) is 4.61. The molecule has 0 aliphatic heterocycles. The first-order chi connectivity index (χ1) is 14.5. The molecule has 0 saturated heterocycles. The summed E-state index contributed by atoms with van der Waals surface area (Å²) in [5.74, 6) is -1.28. The SMILES string of the molecule is COCc1c(C(=O)O[C@H](C)C(=O)Nc2ccc3[nH]c(=O)[nH]c3c2)oc2ccccc12. The number of amides is 1. The lowest BCUT2D eigenvalue weighted by Crippen LogP contribution is -2.30. The van der Waals surface area contributed by atoms with Crippen molar-refractivity contribution in [2.24, 2.45) is 0 Å². The molecule has 0 radical (unpaired) electrons. The molecule has 1 atom stereocenters. The maximum atomic E-state index is 12.7. The highest BCUT2D eigenvalue weighted by Gasteiger charge is 2.26. The van der Waals surface area contributed by atoms with Crippen LogP contribution in [0.1, 0.15) is 23.0 Å². The zero-order chi connectivity index (χ0) is 21.3. The lowest BCUT2D eigenvalue weighted by atomic mass is 10.1. The summed E-state index contributed by atoms with van der Waals surface area (Å²) in [5, 5.41) is 3.41. The van der Waals surface area contributed by atoms with E-state index in [1.807, 2.05) is 12.1 Å². The number of imidazole rings is 1. The van der Waals surface area contributed by atoms with Crippen LogP contribution in [0, 0.1) is 0 Å². The summed E-state index contributed by atoms with van der Waals surface area (Å²) >= 11 is 0. The van der Waals surface area contributed by atoms with E-state index in [-0.39, 0.29) is 18.1 Å². The van der Waals surface area contributed by atoms with Crippen LogP contribution in [0.3, 0.4) is 0 Å². The standard InChI is InChI=1S/C21H19N3O6/c1-11(19(25)22-12-7-8-15-16(9-12)24-21(27)23-15)29-20(26)18-14(10-28-2)13-5-3-4-6-17(13)30-18/h3-9,11H,10H2,1-2H3,(H,22,25)(H2,23,24,27)/t11-/m1/s1. The minimum Gasteiger partial charge on any atom is -0.449 e. The number of esters is 1. The molecule has 0 fully saturated rings. The number of benzene rings is 2. The highest BCUT2D eigenvalue weighted by molar-refractivity contribution is 6.00. The Bertz CT molecular complexity index is 1300. The van der Waals surface area contributed by atoms with Crippen LogP contribution in [-0.4, -0.2) is 35.1 Å². The van der Waals surface area contributed by atoms with E-state index in [2.05, 4.69) is 15.3 Å². The zero-order valence-electron chi connectivity index (χ0n) is 16.3. The lowest BCUT2D eigenvalue weighted by Gasteiger charge is -2.13. The molecule has 0 spiro atoms. The summed E-state index contributed by atoms with van der Waals surface area (Å²) in [6, 6.07) is 12.1. The molecular weight excluding hydrogens is 390 g/mol. The van der Waals surface area contributed by atoms with Gasteiger partial charge in [-0.25, -0.2) is 9.59 Å². The summed E-state index contributed by atoms with van der Waals surface area (Å²) < 4.78 is 16.1. The van der Waals surface area contributed by atoms with E-state index in [0.717, 1.165) is 5.39 Å². The number of aromatic amines is 2. The number of carbonyl (C=O) groups is 2. The molecule has 2 aromatic heterocycles. The van der Waals surface area contributed by atoms with Crippen molar-refractivity contribution in [2.45, 2.75) is 19.6 Å². The van der Waals surface area contributed by atoms with Gasteiger partial charge in [-0.15, -0.1) is 0 Å². The van der Waals surface area contributed by atoms with Crippen LogP contribution in [-0.2, 0) is 20.9 Å². The number of para-hydroxylation sites is 1. The molecular formula is C21H19N3O6. The molecule has 0 bridgehead atoms. The smallest absolute Gasteiger partial charge is 0.375 e. The molecule has 9 nitrogen and oxygen atoms in total. The third-order valence-corrected chi connectivity index (χ3v) is 4.61. The van der Waals surface area contributed by atoms with Gasteiger partial charge in [0, 0.05) is 23.7 Å². The van der Waals surface area contributed by atoms with Crippen LogP contribution in [0.2, 0.25) is 0 Å². The van der Waals surface area contributed by atoms with Crippen molar-refractivity contribution in [3.63, 3.8) is 0 Å². The molecule has 0 unspecified atom stereocenters. The number of methoxy groups -OCH3 is 1. The van der Waals surface area contributed by atoms with E-state index in [1.54, 1.807) is 30.3 Å². The van der Waals surface area contributed by atoms with Gasteiger partial charge in [-0.1, -0.05) is 18.2 Å². The molecule has 1 amide bonds. The van der Waals surface area contributed by atoms with Crippen LogP contribution in [0.15, 0.2) is 51.7 Å². The molecule has 4 rings (SSSR count). The number of nitrogens with one attached hydrogen (secondary N) is 3. The summed E-state index contributed by atoms with van der Waals surface area (Å²) in [7, 11) is 1.52. The minimum absolute atomic E-state index is 0.00372. The number of aromatic nitrogens is 2. The maximum Gasteiger partial charge on any atom is 0.375 e. The first kappa shape index (κ1) is 19.5. The van der Waals surface area contributed by atoms with E-state index in [9.17, 15) is 14.4 Å². The molecule has 2 heterocycles. The molecule has 2 aromatic carbocycles. The molecule has 0 aliphatic carbocycles. The molecule has 3 N–H and O–H groups in total. The van der Waals surface area contributed by atoms with Crippen LogP contribution < -0.4 is 11.0 Å². The average molecular weight is 409 g/mol. The summed E-state index contributed by atoms with van der Waals surface area (Å²) in [4.78, 5) is 41.7. The maximum absolute atomic E-state index is 12.7. The van der Waals surface area contributed by atoms with Crippen LogP contribution in [0.5, 0.6) is 0 Å². The topological polar surface area (TPSA) is 126 Å². The fourth-order valence-corrected chi connectivity index (χ4v) is 3.17. The highest BCUT2D eigenvalue weighted by atomic mass is 16.6. The Labute approximate surface area is 170 Å². The molecule has 9 heteroatoms. The van der Waals surface area contributed by atoms with Crippen molar-refractivity contribution in [1.29, 1.82) is 0 Å². The third kappa shape index (κ3) is 3.70. The Kier molecular flexibility index (Phi) is 5.11. The van der Waals surface area contributed by atoms with Gasteiger partial charge in [-0.2, -0.15) is 0 Å². The van der Waals surface area contributed by atoms with E-state index < -0.39 is 18.0 Å². The van der Waals surface area contributed by atoms with E-state index >= 15 is 0 Å². The largest absolute Gasteiger partial charge is 0.449 e. The molecule has 4 aromatic rings. The van der Waals surface area contributed by atoms with E-state index in [1.165, 1.54) is 14.0 Å². The average Bonchev–Trinajstić information content (AvgIpc) is 3.27. The molecule has 30 heavy (non-hydrogen) atoms. The number of hydrogen-bond donors (Lipinski definition) is 3. The van der Waals surface area contributed by atoms with Gasteiger partial charge >= 0.3 is 11.7 Å². The molecule has 0 aliphatic rings. The number of ether oxygens (including phenoxy) is 2. The van der Waals surface area contributed by atoms with Crippen molar-refractivity contribution in [3.8, 4) is 0 Å². The number of rotatable bonds is 6. The molecule has 154 valence electrons. The van der Waals surface area contributed by atoms with Gasteiger partial charge < -0.3 is 29.2 Å². The van der Waals surface area contributed by atoms with Crippen molar-refractivity contribution in [1.82, 2.24) is 9.97 Å². The quantitative estimate of drug-likeness (QED) is 0.420. The van der Waals surface area contributed by atoms with Gasteiger partial charge in [0.15, 0.2) is 6.10 Å². The van der Waals surface area contributed by atoms with E-state index in [0.29, 0.717) is 27.9 Å². The Balaban J connectivity index is 1.49. The van der Waals surface area contributed by atoms with Crippen LogP contribution in [0.25, 0.3) is 22.0 Å². The minimum atomic E-state index is -1.08. The van der Waals surface area contributed by atoms with Gasteiger partial charge in [0.05, 0.1) is 17.6 Å². The monoisotopic (exact) mass is 409 g/mol. The first-order valence-electron chi connectivity index (χ1n) is 9.19. The van der Waals surface area contributed by atoms with Gasteiger partial charge in [-0.3, -0.25) is 4.79 Å². The van der Waals surface area contributed by atoms with Gasteiger partial charge in [0.25, 0.3) is 5.91 Å². The zero-order valence-corrected chi connectivity index (χ0v) is 16.3. The van der Waals surface area contributed by atoms with Crippen LogP contribution >= 0.6 is 0 Å². The van der Waals surface area contributed by atoms with Gasteiger partial charge in [-0.05, 0) is 31.2 Å². The fraction of sp³-hybridized carbons (Fsp3) is 0.190. The Morgan fingerprint density at radius 2 is 1.90 bits per heavy atom. The van der Waals surface area contributed by atoms with Crippen LogP contribution in [0.4, 0.5) is 5.69 Å². The predicted octanol–water partition coefficient (Wildman–Crippen LogP) is 2.93. The van der Waals surface area contributed by atoms with Crippen molar-refractivity contribution >= 4 is 39.6 Å². The normalized spacial score (nSPS) is 12.2. The predicted molar refractivity (Wildman–Crippen MR) is 109 cm³/mol. The first-order valence-corrected chi connectivity index (χ1v) is 9.19. The second-order valence-corrected chi connectivity index (χ2v) is 6.72. The summed E-state index contributed by atoms with van der Waals surface area (Å²) in [6.45, 7) is 1.62. The summed E-state index contributed by atoms with van der Waals surface area (Å²) in [6.07, 6.45) is -1.08. The number of hydrogen-bond acceptors (Lipinski definition) is 6. The van der Waals surface area contributed by atoms with Crippen molar-refractivity contribution in [3.05, 3.63) is 64.3 Å². The Hall–Kier alpha value is -3.85. The lowest BCUT2D eigenvalue weighted by molar-refractivity contribution is -0.123. The highest BCUT2D eigenvalue weighted by Crippen LogP contribution is 2.27. The van der Waals surface area contributed by atoms with Crippen molar-refractivity contribution < 1.29 is 23.5 Å². The second-order valence-electron chi connectivity index (χ2n) is 6.72. The van der Waals surface area contributed by atoms with Crippen molar-refractivity contribution in [2.75, 3.05) is 12.4 Å². The second kappa shape index (κ2) is 7.88. The summed E-state index contributed by atoms with van der Waals surface area (Å²) in [5.41, 5.74) is 2.37.